The quantitative estimate of drug-likeness (QED) is 0.715. The summed E-state index contributed by atoms with van der Waals surface area (Å²) in [5.41, 5.74) is 0. The second-order valence-electron chi connectivity index (χ2n) is 4.20. The van der Waals surface area contributed by atoms with Crippen molar-refractivity contribution in [3.05, 3.63) is 0 Å². The monoisotopic (exact) mass is 186 g/mol. The van der Waals surface area contributed by atoms with Crippen molar-refractivity contribution in [3.8, 4) is 0 Å². The van der Waals surface area contributed by atoms with Crippen LogP contribution in [0.5, 0.6) is 0 Å². The van der Waals surface area contributed by atoms with Gasteiger partial charge in [-0.3, -0.25) is 4.79 Å². The maximum atomic E-state index is 10.9. The summed E-state index contributed by atoms with van der Waals surface area (Å²) >= 11 is 0. The molecule has 0 heterocycles. The number of hydrogen-bond donors (Lipinski definition) is 1. The lowest BCUT2D eigenvalue weighted by Gasteiger charge is -2.36. The van der Waals surface area contributed by atoms with Crippen molar-refractivity contribution in [2.45, 2.75) is 32.8 Å². The van der Waals surface area contributed by atoms with Gasteiger partial charge < -0.3 is 9.84 Å². The van der Waals surface area contributed by atoms with Crippen LogP contribution >= 0.6 is 0 Å². The first-order chi connectivity index (χ1) is 6.06. The second kappa shape index (κ2) is 4.09. The zero-order valence-electron chi connectivity index (χ0n) is 8.49. The molecule has 13 heavy (non-hydrogen) atoms. The van der Waals surface area contributed by atoms with E-state index in [9.17, 15) is 4.79 Å². The van der Waals surface area contributed by atoms with Gasteiger partial charge in [0.05, 0.1) is 12.0 Å². The number of carboxylic acids is 1. The number of aliphatic carboxylic acids is 1. The summed E-state index contributed by atoms with van der Waals surface area (Å²) < 4.78 is 5.24. The van der Waals surface area contributed by atoms with Gasteiger partial charge in [0.25, 0.3) is 0 Å². The Morgan fingerprint density at radius 1 is 1.38 bits per heavy atom. The molecule has 4 atom stereocenters. The Bertz CT molecular complexity index is 191. The molecule has 76 valence electrons. The summed E-state index contributed by atoms with van der Waals surface area (Å²) in [6.07, 6.45) is 1.72. The van der Waals surface area contributed by atoms with Crippen molar-refractivity contribution >= 4 is 5.97 Å². The third-order valence-electron chi connectivity index (χ3n) is 2.98. The highest BCUT2D eigenvalue weighted by Crippen LogP contribution is 2.34. The van der Waals surface area contributed by atoms with Crippen molar-refractivity contribution in [3.63, 3.8) is 0 Å². The SMILES string of the molecule is COC1C(C)CC(C)CC1C(=O)O. The van der Waals surface area contributed by atoms with Crippen LogP contribution in [0.2, 0.25) is 0 Å². The van der Waals surface area contributed by atoms with Crippen LogP contribution < -0.4 is 0 Å². The summed E-state index contributed by atoms with van der Waals surface area (Å²) in [7, 11) is 1.60. The Labute approximate surface area is 79.1 Å². The van der Waals surface area contributed by atoms with Crippen molar-refractivity contribution in [2.75, 3.05) is 7.11 Å². The zero-order chi connectivity index (χ0) is 10.0. The molecule has 0 aromatic carbocycles. The Balaban J connectivity index is 2.71. The molecule has 1 rings (SSSR count). The fraction of sp³-hybridized carbons (Fsp3) is 0.900. The minimum atomic E-state index is -0.717. The van der Waals surface area contributed by atoms with Gasteiger partial charge in [-0.05, 0) is 24.7 Å². The maximum Gasteiger partial charge on any atom is 0.309 e. The van der Waals surface area contributed by atoms with Crippen LogP contribution in [0.15, 0.2) is 0 Å². The molecule has 1 aliphatic carbocycles. The minimum absolute atomic E-state index is 0.103. The van der Waals surface area contributed by atoms with Crippen molar-refractivity contribution in [2.24, 2.45) is 17.8 Å². The van der Waals surface area contributed by atoms with Gasteiger partial charge in [-0.25, -0.2) is 0 Å². The van der Waals surface area contributed by atoms with Gasteiger partial charge in [-0.15, -0.1) is 0 Å². The molecular weight excluding hydrogens is 168 g/mol. The van der Waals surface area contributed by atoms with E-state index in [4.69, 9.17) is 9.84 Å². The van der Waals surface area contributed by atoms with Gasteiger partial charge in [0.1, 0.15) is 0 Å². The molecule has 0 radical (unpaired) electrons. The topological polar surface area (TPSA) is 46.5 Å². The standard InChI is InChI=1S/C10H18O3/c1-6-4-7(2)9(13-3)8(5-6)10(11)12/h6-9H,4-5H2,1-3H3,(H,11,12). The molecule has 0 aliphatic heterocycles. The van der Waals surface area contributed by atoms with Crippen molar-refractivity contribution in [1.82, 2.24) is 0 Å². The van der Waals surface area contributed by atoms with Gasteiger partial charge in [0.2, 0.25) is 0 Å². The molecule has 3 nitrogen and oxygen atoms in total. The first-order valence-electron chi connectivity index (χ1n) is 4.81. The molecule has 1 fully saturated rings. The highest BCUT2D eigenvalue weighted by molar-refractivity contribution is 5.71. The average Bonchev–Trinajstić information content (AvgIpc) is 2.02. The second-order valence-corrected chi connectivity index (χ2v) is 4.20. The third kappa shape index (κ3) is 2.21. The molecule has 1 saturated carbocycles. The Morgan fingerprint density at radius 3 is 2.46 bits per heavy atom. The van der Waals surface area contributed by atoms with Crippen molar-refractivity contribution < 1.29 is 14.6 Å². The number of rotatable bonds is 2. The molecule has 0 spiro atoms. The average molecular weight is 186 g/mol. The molecule has 4 unspecified atom stereocenters. The largest absolute Gasteiger partial charge is 0.481 e. The lowest BCUT2D eigenvalue weighted by molar-refractivity contribution is -0.152. The number of hydrogen-bond acceptors (Lipinski definition) is 2. The summed E-state index contributed by atoms with van der Waals surface area (Å²) in [6.45, 7) is 4.18. The van der Waals surface area contributed by atoms with E-state index in [0.717, 1.165) is 12.8 Å². The van der Waals surface area contributed by atoms with E-state index >= 15 is 0 Å². The first-order valence-corrected chi connectivity index (χ1v) is 4.81. The van der Waals surface area contributed by atoms with E-state index in [1.54, 1.807) is 7.11 Å². The van der Waals surface area contributed by atoms with Crippen LogP contribution in [0.4, 0.5) is 0 Å². The van der Waals surface area contributed by atoms with Crippen LogP contribution in [0, 0.1) is 17.8 Å². The normalized spacial score (nSPS) is 40.2. The number of ether oxygens (including phenoxy) is 1. The summed E-state index contributed by atoms with van der Waals surface area (Å²) in [5, 5.41) is 9.00. The summed E-state index contributed by atoms with van der Waals surface area (Å²) in [5.74, 6) is -0.175. The van der Waals surface area contributed by atoms with E-state index < -0.39 is 5.97 Å². The van der Waals surface area contributed by atoms with Crippen LogP contribution in [0.25, 0.3) is 0 Å². The van der Waals surface area contributed by atoms with E-state index in [1.807, 2.05) is 0 Å². The minimum Gasteiger partial charge on any atom is -0.481 e. The third-order valence-corrected chi connectivity index (χ3v) is 2.98. The Morgan fingerprint density at radius 2 is 2.00 bits per heavy atom. The van der Waals surface area contributed by atoms with Crippen LogP contribution in [-0.4, -0.2) is 24.3 Å². The van der Waals surface area contributed by atoms with E-state index in [-0.39, 0.29) is 12.0 Å². The highest BCUT2D eigenvalue weighted by atomic mass is 16.5. The Kier molecular flexibility index (Phi) is 3.31. The molecule has 0 aromatic rings. The first kappa shape index (κ1) is 10.5. The maximum absolute atomic E-state index is 10.9. The molecule has 3 heteroatoms. The number of carbonyl (C=O) groups is 1. The molecule has 0 aromatic heterocycles. The zero-order valence-corrected chi connectivity index (χ0v) is 8.49. The van der Waals surface area contributed by atoms with Crippen LogP contribution in [0.1, 0.15) is 26.7 Å². The molecule has 0 amide bonds. The van der Waals surface area contributed by atoms with Gasteiger partial charge >= 0.3 is 5.97 Å². The van der Waals surface area contributed by atoms with Gasteiger partial charge in [-0.2, -0.15) is 0 Å². The van der Waals surface area contributed by atoms with E-state index in [2.05, 4.69) is 13.8 Å². The lowest BCUT2D eigenvalue weighted by Crippen LogP contribution is -2.40. The molecule has 0 saturated heterocycles. The van der Waals surface area contributed by atoms with E-state index in [1.165, 1.54) is 0 Å². The van der Waals surface area contributed by atoms with Gasteiger partial charge in [-0.1, -0.05) is 13.8 Å². The van der Waals surface area contributed by atoms with Crippen molar-refractivity contribution in [1.29, 1.82) is 0 Å². The highest BCUT2D eigenvalue weighted by Gasteiger charge is 2.38. The fourth-order valence-electron chi connectivity index (χ4n) is 2.47. The predicted molar refractivity (Wildman–Crippen MR) is 49.5 cm³/mol. The van der Waals surface area contributed by atoms with Gasteiger partial charge in [0.15, 0.2) is 0 Å². The molecule has 1 aliphatic rings. The Hall–Kier alpha value is -0.570. The van der Waals surface area contributed by atoms with Gasteiger partial charge in [0, 0.05) is 7.11 Å². The lowest BCUT2D eigenvalue weighted by atomic mass is 9.74. The fourth-order valence-corrected chi connectivity index (χ4v) is 2.47. The van der Waals surface area contributed by atoms with E-state index in [0.29, 0.717) is 11.8 Å². The molecule has 1 N–H and O–H groups in total. The number of methoxy groups -OCH3 is 1. The molecule has 0 bridgehead atoms. The summed E-state index contributed by atoms with van der Waals surface area (Å²) in [6, 6.07) is 0. The summed E-state index contributed by atoms with van der Waals surface area (Å²) in [4.78, 5) is 10.9. The molecular formula is C10H18O3. The predicted octanol–water partition coefficient (Wildman–Crippen LogP) is 1.77. The number of carboxylic acid groups (broad SMARTS) is 1. The van der Waals surface area contributed by atoms with Crippen LogP contribution in [-0.2, 0) is 9.53 Å². The van der Waals surface area contributed by atoms with Crippen LogP contribution in [0.3, 0.4) is 0 Å². The smallest absolute Gasteiger partial charge is 0.309 e.